The zero-order chi connectivity index (χ0) is 72.3. The van der Waals surface area contributed by atoms with E-state index < -0.39 is 22.1 Å². The van der Waals surface area contributed by atoms with Crippen LogP contribution in [0.1, 0.15) is 193 Å². The molecule has 0 spiro atoms. The van der Waals surface area contributed by atoms with Gasteiger partial charge in [0.2, 0.25) is 11.8 Å². The molecule has 0 aliphatic carbocycles. The largest absolute Gasteiger partial charge is 0.456 e. The number of alkyl halides is 2. The molecule has 0 atom stereocenters. The molecule has 0 bridgehead atoms. The Morgan fingerprint density at radius 2 is 0.954 bits per heavy atom. The minimum atomic E-state index is -2.97. The quantitative estimate of drug-likeness (QED) is 0.0430. The van der Waals surface area contributed by atoms with Gasteiger partial charge in [-0.05, 0) is 136 Å². The van der Waals surface area contributed by atoms with Crippen molar-refractivity contribution in [1.82, 2.24) is 20.4 Å². The van der Waals surface area contributed by atoms with Crippen LogP contribution in [0.15, 0.2) is 74.3 Å². The number of nitriles is 1. The Morgan fingerprint density at radius 1 is 0.609 bits per heavy atom. The predicted octanol–water partition coefficient (Wildman–Crippen LogP) is 14.6. The van der Waals surface area contributed by atoms with E-state index in [9.17, 15) is 46.4 Å². The lowest BCUT2D eigenvalue weighted by Crippen LogP contribution is -2.40. The number of ketones is 4. The lowest BCUT2D eigenvalue weighted by Gasteiger charge is -2.37. The Bertz CT molecular complexity index is 2190. The number of nitrogens with zero attached hydrogens (tertiary/aromatic N) is 3. The molecule has 0 aliphatic heterocycles. The van der Waals surface area contributed by atoms with Crippen LogP contribution in [-0.4, -0.2) is 135 Å². The first-order chi connectivity index (χ1) is 38.7. The highest BCUT2D eigenvalue weighted by molar-refractivity contribution is 7.94. The normalized spacial score (nSPS) is 11.1. The number of Topliss-reactive ketones (excluding diaryl/α,β-unsaturated/α-hetero) is 3. The van der Waals surface area contributed by atoms with Gasteiger partial charge in [-0.3, -0.25) is 28.8 Å². The van der Waals surface area contributed by atoms with Crippen molar-refractivity contribution in [1.29, 1.82) is 5.26 Å². The van der Waals surface area contributed by atoms with Crippen molar-refractivity contribution in [2.75, 3.05) is 53.8 Å². The summed E-state index contributed by atoms with van der Waals surface area (Å²) >= 11 is 5.20. The number of amides is 2. The van der Waals surface area contributed by atoms with Gasteiger partial charge in [-0.25, -0.2) is 17.6 Å². The number of allylic oxidation sites excluding steroid dienone is 2. The minimum Gasteiger partial charge on any atom is -0.456 e. The van der Waals surface area contributed by atoms with E-state index in [2.05, 4.69) is 84.4 Å². The number of sulfone groups is 1. The Balaban J connectivity index is -0.0000000964. The van der Waals surface area contributed by atoms with Crippen LogP contribution in [0.25, 0.3) is 0 Å². The molecule has 0 heterocycles. The van der Waals surface area contributed by atoms with Crippen molar-refractivity contribution in [2.24, 2.45) is 39.9 Å². The monoisotopic (exact) mass is 1270 g/mol. The van der Waals surface area contributed by atoms with Gasteiger partial charge >= 0.3 is 5.97 Å². The lowest BCUT2D eigenvalue weighted by molar-refractivity contribution is -0.160. The second-order valence-electron chi connectivity index (χ2n) is 27.2. The number of terminal acetylenes is 1. The molecule has 0 aromatic carbocycles. The first-order valence-corrected chi connectivity index (χ1v) is 31.2. The van der Waals surface area contributed by atoms with Crippen molar-refractivity contribution >= 4 is 62.4 Å². The summed E-state index contributed by atoms with van der Waals surface area (Å²) in [6.45, 7) is 65.8. The van der Waals surface area contributed by atoms with Gasteiger partial charge in [0.1, 0.15) is 23.8 Å². The number of hydrogen-bond acceptors (Lipinski definition) is 13. The van der Waals surface area contributed by atoms with Crippen LogP contribution in [0.5, 0.6) is 0 Å². The second-order valence-corrected chi connectivity index (χ2v) is 29.9. The lowest BCUT2D eigenvalue weighted by atomic mass is 9.79. The number of likely N-dealkylation sites (N-methyl/N-ethyl adjacent to an activating group) is 2. The summed E-state index contributed by atoms with van der Waals surface area (Å²) in [5, 5.41) is 14.2. The average molecular weight is 1270 g/mol. The van der Waals surface area contributed by atoms with Crippen molar-refractivity contribution in [3.8, 4) is 18.4 Å². The van der Waals surface area contributed by atoms with Crippen molar-refractivity contribution in [2.45, 2.75) is 215 Å². The van der Waals surface area contributed by atoms with Crippen molar-refractivity contribution in [3.63, 3.8) is 0 Å². The third-order valence-corrected chi connectivity index (χ3v) is 12.0. The summed E-state index contributed by atoms with van der Waals surface area (Å²) in [6, 6.07) is 1.80. The highest BCUT2D eigenvalue weighted by Crippen LogP contribution is 2.33. The third-order valence-electron chi connectivity index (χ3n) is 9.96. The Hall–Kier alpha value is -5.33. The van der Waals surface area contributed by atoms with E-state index in [0.717, 1.165) is 18.5 Å². The SMILES string of the molecule is C#CC(C)(C)C.C=CC(=O)C(C)C.C=CC(=O)NC(C)(C)C.C=CC(C)(C)C.C=CS(=O)(=O)C(C)C.CC(C)C(=O)CC#N.CC(C)C(=O)CCl.CC(C)C(=O)CF.CN(C)C/C=C/C(=O)NC(C)(C)C.CN(C)C/C=C/C(=O)OC(C)(C)C(C)(C)C. The first kappa shape index (κ1) is 103. The summed E-state index contributed by atoms with van der Waals surface area (Å²) < 4.78 is 37.9. The van der Waals surface area contributed by atoms with Gasteiger partial charge in [-0.2, -0.15) is 5.26 Å². The van der Waals surface area contributed by atoms with E-state index in [1.54, 1.807) is 59.8 Å². The number of ether oxygens (including phenoxy) is 1. The molecule has 0 rings (SSSR count). The molecule has 2 N–H and O–H groups in total. The molecular formula is C69H127ClFN5O10S. The van der Waals surface area contributed by atoms with Crippen LogP contribution in [0, 0.1) is 63.6 Å². The maximum absolute atomic E-state index is 11.6. The highest BCUT2D eigenvalue weighted by Gasteiger charge is 2.36. The number of carbonyl (C=O) groups excluding carboxylic acids is 7. The molecule has 0 saturated carbocycles. The van der Waals surface area contributed by atoms with E-state index in [-0.39, 0.29) is 104 Å². The Kier molecular flexibility index (Phi) is 65.2. The van der Waals surface area contributed by atoms with Crippen LogP contribution >= 0.6 is 11.6 Å². The standard InChI is InChI=1S/C13H25NO2.C10H20N2O.C7H13NO.C6H9NO.C6H10O.C6H12.C6H10.C5H9ClO.C5H9FO.C5H10O2S/c1-12(2,3)13(4,5)16-11(15)9-8-10-14(6)7;1-10(2,3)11-9(13)7-6-8-12(4)5;1-5-6(9)8-7(2,3)4;1-5(2)6(8)3-4-7;1-4-6(7)5(2)3;2*1-5-6(2,3)4;2*1-4(2)5(7)3-6;1-4-8(6,7)5(2)3/h8-9H,10H2,1-7H3;6-7H,8H2,1-5H3,(H,11,13);5H,1H2,2-4H3,(H,8,9);5H,3H2,1-2H3;4-5H,1H2,2-3H3;5H,1H2,2-4H3;1H,2-4H3;2*4H,3H2,1-2H3;4-5H,1H2,2-3H3/b9-8+;7-6+;;;;;;;;. The third kappa shape index (κ3) is 94.5. The second kappa shape index (κ2) is 54.8. The number of hydrogen-bond donors (Lipinski definition) is 2. The maximum atomic E-state index is 11.6. The summed E-state index contributed by atoms with van der Waals surface area (Å²) in [5.74, 6) is 2.31. The first-order valence-electron chi connectivity index (χ1n) is 29.0. The number of esters is 1. The number of carbonyl (C=O) groups is 7. The fourth-order valence-electron chi connectivity index (χ4n) is 3.02. The van der Waals surface area contributed by atoms with Gasteiger partial charge in [-0.1, -0.05) is 135 Å². The molecule has 0 aromatic rings. The zero-order valence-corrected chi connectivity index (χ0v) is 62.1. The number of halogens is 2. The van der Waals surface area contributed by atoms with Crippen molar-refractivity contribution < 1.29 is 51.1 Å². The van der Waals surface area contributed by atoms with E-state index in [1.807, 2.05) is 154 Å². The molecule has 0 unspecified atom stereocenters. The van der Waals surface area contributed by atoms with Crippen LogP contribution in [0.2, 0.25) is 0 Å². The van der Waals surface area contributed by atoms with Gasteiger partial charge in [0, 0.05) is 76.2 Å². The average Bonchev–Trinajstić information content (AvgIpc) is 3.34. The zero-order valence-electron chi connectivity index (χ0n) is 60.5. The van der Waals surface area contributed by atoms with E-state index >= 15 is 0 Å². The topological polar surface area (TPSA) is 217 Å². The van der Waals surface area contributed by atoms with Gasteiger partial charge in [0.15, 0.2) is 21.4 Å². The van der Waals surface area contributed by atoms with Crippen LogP contribution < -0.4 is 10.6 Å². The fraction of sp³-hybridized carbons (Fsp3) is 0.681. The van der Waals surface area contributed by atoms with Gasteiger partial charge in [0.25, 0.3) is 0 Å². The molecule has 15 nitrogen and oxygen atoms in total. The summed E-state index contributed by atoms with van der Waals surface area (Å²) in [4.78, 5) is 78.8. The van der Waals surface area contributed by atoms with Crippen LogP contribution in [0.4, 0.5) is 4.39 Å². The highest BCUT2D eigenvalue weighted by atomic mass is 35.5. The number of nitrogens with one attached hydrogen (secondary N) is 2. The van der Waals surface area contributed by atoms with Crippen LogP contribution in [-0.2, 0) is 48.1 Å². The van der Waals surface area contributed by atoms with E-state index in [1.165, 1.54) is 18.2 Å². The van der Waals surface area contributed by atoms with E-state index in [0.29, 0.717) is 5.41 Å². The molecule has 0 saturated heterocycles. The smallest absolute Gasteiger partial charge is 0.331 e. The molecule has 0 aliphatic rings. The molecule has 87 heavy (non-hydrogen) atoms. The van der Waals surface area contributed by atoms with Crippen LogP contribution in [0.3, 0.4) is 0 Å². The molecule has 0 aromatic heterocycles. The molecule has 0 fully saturated rings. The van der Waals surface area contributed by atoms with Gasteiger partial charge < -0.3 is 25.2 Å². The Morgan fingerprint density at radius 3 is 1.09 bits per heavy atom. The van der Waals surface area contributed by atoms with Gasteiger partial charge in [-0.15, -0.1) is 30.5 Å². The fourth-order valence-corrected chi connectivity index (χ4v) is 3.71. The molecule has 0 radical (unpaired) electrons. The molecular weight excluding hydrogens is 1150 g/mol. The summed E-state index contributed by atoms with van der Waals surface area (Å²) in [7, 11) is 4.86. The molecule has 2 amide bonds. The number of rotatable bonds is 18. The van der Waals surface area contributed by atoms with Crippen molar-refractivity contribution in [3.05, 3.63) is 74.3 Å². The maximum Gasteiger partial charge on any atom is 0.331 e. The van der Waals surface area contributed by atoms with E-state index in [4.69, 9.17) is 28.0 Å². The molecule has 18 heteroatoms. The minimum absolute atomic E-state index is 0.00894. The summed E-state index contributed by atoms with van der Waals surface area (Å²) in [6.07, 6.45) is 16.4. The predicted molar refractivity (Wildman–Crippen MR) is 370 cm³/mol. The molecule has 508 valence electrons. The Labute approximate surface area is 538 Å². The van der Waals surface area contributed by atoms with Gasteiger partial charge in [0.05, 0.1) is 23.6 Å². The summed E-state index contributed by atoms with van der Waals surface area (Å²) in [5.41, 5.74) is -0.463.